The van der Waals surface area contributed by atoms with Crippen LogP contribution in [0.5, 0.6) is 0 Å². The number of carbonyl (C=O) groups excluding carboxylic acids is 1. The number of ether oxygens (including phenoxy) is 1. The summed E-state index contributed by atoms with van der Waals surface area (Å²) in [4.78, 5) is 11.7. The fraction of sp³-hybridized carbons (Fsp3) is 0.750. The molecule has 0 bridgehead atoms. The standard InChI is InChI=1S/C16H29N3O2/c1-6-14-12(3)18-19(13(14)4)11-9-8-10-16(5,17)15(20)21-7-2/h6-11,17H2,1-5H3. The van der Waals surface area contributed by atoms with Gasteiger partial charge >= 0.3 is 5.97 Å². The first-order chi connectivity index (χ1) is 9.83. The van der Waals surface area contributed by atoms with Gasteiger partial charge in [-0.05, 0) is 58.9 Å². The molecule has 1 aromatic heterocycles. The third-order valence-corrected chi connectivity index (χ3v) is 3.94. The first-order valence-electron chi connectivity index (χ1n) is 7.82. The molecule has 0 aromatic carbocycles. The zero-order valence-corrected chi connectivity index (χ0v) is 14.0. The summed E-state index contributed by atoms with van der Waals surface area (Å²) in [6.07, 6.45) is 3.48. The van der Waals surface area contributed by atoms with Crippen molar-refractivity contribution in [1.82, 2.24) is 9.78 Å². The molecule has 0 amide bonds. The van der Waals surface area contributed by atoms with Gasteiger partial charge in [-0.25, -0.2) is 0 Å². The zero-order chi connectivity index (χ0) is 16.0. The molecule has 0 fully saturated rings. The molecular formula is C16H29N3O2. The lowest BCUT2D eigenvalue weighted by Crippen LogP contribution is -2.46. The van der Waals surface area contributed by atoms with Crippen LogP contribution < -0.4 is 5.73 Å². The van der Waals surface area contributed by atoms with Gasteiger partial charge < -0.3 is 10.5 Å². The number of aryl methyl sites for hydroxylation is 2. The highest BCUT2D eigenvalue weighted by Crippen LogP contribution is 2.16. The van der Waals surface area contributed by atoms with E-state index in [0.717, 1.165) is 31.5 Å². The Morgan fingerprint density at radius 1 is 1.33 bits per heavy atom. The first kappa shape index (κ1) is 17.7. The molecule has 5 heteroatoms. The second kappa shape index (κ2) is 7.59. The van der Waals surface area contributed by atoms with E-state index in [0.29, 0.717) is 13.0 Å². The molecule has 2 N–H and O–H groups in total. The van der Waals surface area contributed by atoms with Crippen molar-refractivity contribution in [3.8, 4) is 0 Å². The fourth-order valence-electron chi connectivity index (χ4n) is 2.62. The summed E-state index contributed by atoms with van der Waals surface area (Å²) in [5, 5.41) is 4.57. The minimum absolute atomic E-state index is 0.315. The van der Waals surface area contributed by atoms with Gasteiger partial charge in [-0.1, -0.05) is 6.92 Å². The van der Waals surface area contributed by atoms with Crippen molar-refractivity contribution in [3.63, 3.8) is 0 Å². The highest BCUT2D eigenvalue weighted by molar-refractivity contribution is 5.79. The fourth-order valence-corrected chi connectivity index (χ4v) is 2.62. The molecule has 0 saturated heterocycles. The number of nitrogens with two attached hydrogens (primary N) is 1. The van der Waals surface area contributed by atoms with Crippen molar-refractivity contribution in [1.29, 1.82) is 0 Å². The van der Waals surface area contributed by atoms with E-state index in [1.165, 1.54) is 11.3 Å². The van der Waals surface area contributed by atoms with Gasteiger partial charge in [0.25, 0.3) is 0 Å². The largest absolute Gasteiger partial charge is 0.465 e. The van der Waals surface area contributed by atoms with Crippen LogP contribution in [0.1, 0.15) is 57.0 Å². The molecule has 21 heavy (non-hydrogen) atoms. The number of nitrogens with zero attached hydrogens (tertiary/aromatic N) is 2. The lowest BCUT2D eigenvalue weighted by Gasteiger charge is -2.22. The molecule has 0 saturated carbocycles. The van der Waals surface area contributed by atoms with Gasteiger partial charge in [-0.3, -0.25) is 9.48 Å². The Morgan fingerprint density at radius 3 is 2.52 bits per heavy atom. The average molecular weight is 295 g/mol. The topological polar surface area (TPSA) is 70.1 Å². The Kier molecular flexibility index (Phi) is 6.40. The van der Waals surface area contributed by atoms with Crippen LogP contribution in [-0.4, -0.2) is 27.9 Å². The molecule has 5 nitrogen and oxygen atoms in total. The van der Waals surface area contributed by atoms with Crippen molar-refractivity contribution >= 4 is 5.97 Å². The van der Waals surface area contributed by atoms with Crippen LogP contribution in [0.2, 0.25) is 0 Å². The van der Waals surface area contributed by atoms with Crippen LogP contribution in [0.4, 0.5) is 0 Å². The van der Waals surface area contributed by atoms with Crippen LogP contribution in [0.25, 0.3) is 0 Å². The summed E-state index contributed by atoms with van der Waals surface area (Å²) in [5.41, 5.74) is 8.82. The monoisotopic (exact) mass is 295 g/mol. The van der Waals surface area contributed by atoms with Crippen LogP contribution in [0.15, 0.2) is 0 Å². The molecule has 0 aliphatic rings. The summed E-state index contributed by atoms with van der Waals surface area (Å²) < 4.78 is 7.06. The van der Waals surface area contributed by atoms with Gasteiger partial charge in [0, 0.05) is 12.2 Å². The summed E-state index contributed by atoms with van der Waals surface area (Å²) in [7, 11) is 0. The number of hydrogen-bond donors (Lipinski definition) is 1. The predicted molar refractivity (Wildman–Crippen MR) is 84.2 cm³/mol. The van der Waals surface area contributed by atoms with Crippen LogP contribution >= 0.6 is 0 Å². The molecule has 120 valence electrons. The maximum absolute atomic E-state index is 11.7. The summed E-state index contributed by atoms with van der Waals surface area (Å²) in [6, 6.07) is 0. The molecule has 0 aliphatic carbocycles. The van der Waals surface area contributed by atoms with Crippen LogP contribution in [0, 0.1) is 13.8 Å². The number of rotatable bonds is 8. The van der Waals surface area contributed by atoms with Gasteiger partial charge in [0.05, 0.1) is 12.3 Å². The van der Waals surface area contributed by atoms with E-state index in [-0.39, 0.29) is 5.97 Å². The smallest absolute Gasteiger partial charge is 0.325 e. The quantitative estimate of drug-likeness (QED) is 0.591. The highest BCUT2D eigenvalue weighted by Gasteiger charge is 2.29. The average Bonchev–Trinajstić information content (AvgIpc) is 2.69. The van der Waals surface area contributed by atoms with Crippen molar-refractivity contribution in [2.24, 2.45) is 5.73 Å². The van der Waals surface area contributed by atoms with Crippen molar-refractivity contribution in [2.45, 2.75) is 72.4 Å². The minimum Gasteiger partial charge on any atom is -0.465 e. The molecule has 0 aliphatic heterocycles. The van der Waals surface area contributed by atoms with Crippen LogP contribution in [-0.2, 0) is 22.5 Å². The Morgan fingerprint density at radius 2 is 2.00 bits per heavy atom. The zero-order valence-electron chi connectivity index (χ0n) is 14.0. The molecule has 0 radical (unpaired) electrons. The molecule has 1 rings (SSSR count). The maximum atomic E-state index is 11.7. The van der Waals surface area contributed by atoms with E-state index in [4.69, 9.17) is 10.5 Å². The molecule has 1 aromatic rings. The second-order valence-electron chi connectivity index (χ2n) is 5.82. The number of aromatic nitrogens is 2. The van der Waals surface area contributed by atoms with E-state index in [1.54, 1.807) is 13.8 Å². The number of hydrogen-bond acceptors (Lipinski definition) is 4. The summed E-state index contributed by atoms with van der Waals surface area (Å²) in [6.45, 7) is 11.1. The normalized spacial score (nSPS) is 14.0. The molecular weight excluding hydrogens is 266 g/mol. The lowest BCUT2D eigenvalue weighted by molar-refractivity contribution is -0.149. The SMILES string of the molecule is CCOC(=O)C(C)(N)CCCCn1nc(C)c(CC)c1C. The van der Waals surface area contributed by atoms with E-state index in [1.807, 2.05) is 0 Å². The number of carbonyl (C=O) groups is 1. The van der Waals surface area contributed by atoms with E-state index in [9.17, 15) is 4.79 Å². The van der Waals surface area contributed by atoms with Crippen molar-refractivity contribution < 1.29 is 9.53 Å². The van der Waals surface area contributed by atoms with Gasteiger partial charge in [-0.2, -0.15) is 5.10 Å². The van der Waals surface area contributed by atoms with E-state index < -0.39 is 5.54 Å². The highest BCUT2D eigenvalue weighted by atomic mass is 16.5. The molecule has 1 heterocycles. The second-order valence-corrected chi connectivity index (χ2v) is 5.82. The molecule has 0 spiro atoms. The lowest BCUT2D eigenvalue weighted by atomic mass is 9.96. The Hall–Kier alpha value is -1.36. The summed E-state index contributed by atoms with van der Waals surface area (Å²) in [5.74, 6) is -0.315. The Bertz CT molecular complexity index is 478. The number of esters is 1. The predicted octanol–water partition coefficient (Wildman–Crippen LogP) is 2.51. The van der Waals surface area contributed by atoms with Gasteiger partial charge in [0.2, 0.25) is 0 Å². The van der Waals surface area contributed by atoms with Gasteiger partial charge in [0.1, 0.15) is 5.54 Å². The number of unbranched alkanes of at least 4 members (excludes halogenated alkanes) is 1. The molecule has 1 atom stereocenters. The maximum Gasteiger partial charge on any atom is 0.325 e. The van der Waals surface area contributed by atoms with Gasteiger partial charge in [-0.15, -0.1) is 0 Å². The third kappa shape index (κ3) is 4.56. The Labute approximate surface area is 127 Å². The van der Waals surface area contributed by atoms with E-state index in [2.05, 4.69) is 30.6 Å². The first-order valence-corrected chi connectivity index (χ1v) is 7.82. The third-order valence-electron chi connectivity index (χ3n) is 3.94. The van der Waals surface area contributed by atoms with Crippen molar-refractivity contribution in [3.05, 3.63) is 17.0 Å². The van der Waals surface area contributed by atoms with Crippen molar-refractivity contribution in [2.75, 3.05) is 6.61 Å². The molecule has 1 unspecified atom stereocenters. The minimum atomic E-state index is -0.889. The van der Waals surface area contributed by atoms with E-state index >= 15 is 0 Å². The Balaban J connectivity index is 2.46. The summed E-state index contributed by atoms with van der Waals surface area (Å²) >= 11 is 0. The van der Waals surface area contributed by atoms with Crippen LogP contribution in [0.3, 0.4) is 0 Å². The van der Waals surface area contributed by atoms with Gasteiger partial charge in [0.15, 0.2) is 0 Å².